The molecule has 0 spiro atoms. The van der Waals surface area contributed by atoms with E-state index in [0.717, 1.165) is 22.6 Å². The fourth-order valence-corrected chi connectivity index (χ4v) is 2.10. The third kappa shape index (κ3) is 2.80. The van der Waals surface area contributed by atoms with Gasteiger partial charge in [0.05, 0.1) is 6.54 Å². The van der Waals surface area contributed by atoms with Crippen LogP contribution >= 0.6 is 0 Å². The zero-order chi connectivity index (χ0) is 14.5. The third-order valence-corrected chi connectivity index (χ3v) is 3.05. The minimum absolute atomic E-state index is 0.378. The molecule has 0 fully saturated rings. The van der Waals surface area contributed by atoms with Gasteiger partial charge in [0.1, 0.15) is 5.69 Å². The third-order valence-electron chi connectivity index (χ3n) is 3.05. The van der Waals surface area contributed by atoms with Crippen LogP contribution in [0.5, 0.6) is 0 Å². The first-order chi connectivity index (χ1) is 10.4. The van der Waals surface area contributed by atoms with Gasteiger partial charge < -0.3 is 9.73 Å². The number of nitrogens with one attached hydrogen (secondary N) is 1. The molecule has 1 heterocycles. The number of oxazole rings is 1. The van der Waals surface area contributed by atoms with Crippen LogP contribution in [0.25, 0.3) is 22.6 Å². The first-order valence-electron chi connectivity index (χ1n) is 6.67. The Morgan fingerprint density at radius 3 is 2.19 bits per heavy atom. The summed E-state index contributed by atoms with van der Waals surface area (Å²) in [6, 6.07) is 20.3. The molecule has 0 radical (unpaired) electrons. The smallest absolute Gasteiger partial charge is 0.296 e. The highest BCUT2D eigenvalue weighted by Crippen LogP contribution is 2.33. The highest BCUT2D eigenvalue weighted by Gasteiger charge is 2.16. The maximum Gasteiger partial charge on any atom is 0.296 e. The summed E-state index contributed by atoms with van der Waals surface area (Å²) in [5.41, 5.74) is 2.80. The summed E-state index contributed by atoms with van der Waals surface area (Å²) < 4.78 is 5.84. The molecule has 3 rings (SSSR count). The van der Waals surface area contributed by atoms with Crippen molar-refractivity contribution in [1.82, 2.24) is 4.98 Å². The van der Waals surface area contributed by atoms with Crippen molar-refractivity contribution in [2.24, 2.45) is 0 Å². The Hall–Kier alpha value is -2.99. The molecular formula is C18H14N2O. The normalized spacial score (nSPS) is 10.0. The predicted octanol–water partition coefficient (Wildman–Crippen LogP) is 4.05. The molecule has 0 saturated heterocycles. The molecule has 3 nitrogen and oxygen atoms in total. The molecule has 2 aromatic carbocycles. The second-order valence-corrected chi connectivity index (χ2v) is 4.49. The van der Waals surface area contributed by atoms with Gasteiger partial charge in [0, 0.05) is 11.1 Å². The van der Waals surface area contributed by atoms with E-state index >= 15 is 0 Å². The van der Waals surface area contributed by atoms with Crippen LogP contribution < -0.4 is 5.32 Å². The van der Waals surface area contributed by atoms with Crippen LogP contribution in [-0.2, 0) is 0 Å². The standard InChI is InChI=1S/C18H14N2O/c1-2-13-19-18-20-16(14-9-5-3-6-10-14)17(21-18)15-11-7-4-8-12-15/h1,3-12H,13H2,(H,19,20). The number of aromatic nitrogens is 1. The molecule has 0 bridgehead atoms. The van der Waals surface area contributed by atoms with Crippen LogP contribution in [0.1, 0.15) is 0 Å². The van der Waals surface area contributed by atoms with E-state index in [0.29, 0.717) is 12.6 Å². The van der Waals surface area contributed by atoms with Crippen molar-refractivity contribution in [3.8, 4) is 34.9 Å². The van der Waals surface area contributed by atoms with Crippen molar-refractivity contribution in [3.63, 3.8) is 0 Å². The summed E-state index contributed by atoms with van der Waals surface area (Å²) in [4.78, 5) is 4.52. The number of hydrogen-bond acceptors (Lipinski definition) is 3. The van der Waals surface area contributed by atoms with E-state index in [4.69, 9.17) is 10.8 Å². The van der Waals surface area contributed by atoms with Crippen LogP contribution in [0.3, 0.4) is 0 Å². The number of nitrogens with zero attached hydrogens (tertiary/aromatic N) is 1. The van der Waals surface area contributed by atoms with Gasteiger partial charge >= 0.3 is 0 Å². The second-order valence-electron chi connectivity index (χ2n) is 4.49. The summed E-state index contributed by atoms with van der Waals surface area (Å²) in [6.07, 6.45) is 5.26. The number of anilines is 1. The minimum Gasteiger partial charge on any atom is -0.423 e. The van der Waals surface area contributed by atoms with E-state index in [1.165, 1.54) is 0 Å². The fourth-order valence-electron chi connectivity index (χ4n) is 2.10. The van der Waals surface area contributed by atoms with Gasteiger partial charge in [-0.15, -0.1) is 6.42 Å². The van der Waals surface area contributed by atoms with E-state index in [2.05, 4.69) is 16.2 Å². The maximum absolute atomic E-state index is 5.84. The predicted molar refractivity (Wildman–Crippen MR) is 84.7 cm³/mol. The van der Waals surface area contributed by atoms with E-state index in [1.54, 1.807) is 0 Å². The summed E-state index contributed by atoms with van der Waals surface area (Å²) in [5, 5.41) is 2.98. The van der Waals surface area contributed by atoms with Gasteiger partial charge in [0.15, 0.2) is 5.76 Å². The second kappa shape index (κ2) is 5.98. The van der Waals surface area contributed by atoms with Crippen LogP contribution in [0.15, 0.2) is 65.1 Å². The molecular weight excluding hydrogens is 260 g/mol. The van der Waals surface area contributed by atoms with Crippen LogP contribution in [0, 0.1) is 12.3 Å². The zero-order valence-electron chi connectivity index (χ0n) is 11.4. The van der Waals surface area contributed by atoms with Crippen LogP contribution in [0.2, 0.25) is 0 Å². The Morgan fingerprint density at radius 1 is 0.952 bits per heavy atom. The Kier molecular flexibility index (Phi) is 3.70. The minimum atomic E-state index is 0.378. The number of terminal acetylenes is 1. The summed E-state index contributed by atoms with van der Waals surface area (Å²) in [7, 11) is 0. The lowest BCUT2D eigenvalue weighted by molar-refractivity contribution is 0.588. The zero-order valence-corrected chi connectivity index (χ0v) is 11.4. The largest absolute Gasteiger partial charge is 0.423 e. The molecule has 0 aliphatic heterocycles. The van der Waals surface area contributed by atoms with Crippen molar-refractivity contribution >= 4 is 6.01 Å². The first kappa shape index (κ1) is 13.0. The van der Waals surface area contributed by atoms with E-state index in [-0.39, 0.29) is 0 Å². The number of benzene rings is 2. The van der Waals surface area contributed by atoms with Gasteiger partial charge in [0.2, 0.25) is 0 Å². The van der Waals surface area contributed by atoms with Crippen molar-refractivity contribution < 1.29 is 4.42 Å². The lowest BCUT2D eigenvalue weighted by atomic mass is 10.1. The van der Waals surface area contributed by atoms with Crippen molar-refractivity contribution in [2.45, 2.75) is 0 Å². The van der Waals surface area contributed by atoms with Gasteiger partial charge in [0.25, 0.3) is 6.01 Å². The van der Waals surface area contributed by atoms with Gasteiger partial charge in [-0.3, -0.25) is 0 Å². The summed E-state index contributed by atoms with van der Waals surface area (Å²) in [5.74, 6) is 3.25. The Morgan fingerprint density at radius 2 is 1.57 bits per heavy atom. The quantitative estimate of drug-likeness (QED) is 0.729. The molecule has 1 N–H and O–H groups in total. The molecule has 0 amide bonds. The van der Waals surface area contributed by atoms with E-state index < -0.39 is 0 Å². The molecule has 102 valence electrons. The fraction of sp³-hybridized carbons (Fsp3) is 0.0556. The number of hydrogen-bond donors (Lipinski definition) is 1. The van der Waals surface area contributed by atoms with E-state index in [1.807, 2.05) is 60.7 Å². The van der Waals surface area contributed by atoms with Gasteiger partial charge in [-0.05, 0) is 0 Å². The molecule has 21 heavy (non-hydrogen) atoms. The lowest BCUT2D eigenvalue weighted by Crippen LogP contribution is -1.97. The van der Waals surface area contributed by atoms with Gasteiger partial charge in [-0.2, -0.15) is 4.98 Å². The van der Waals surface area contributed by atoms with Gasteiger partial charge in [-0.1, -0.05) is 66.6 Å². The molecule has 0 unspecified atom stereocenters. The first-order valence-corrected chi connectivity index (χ1v) is 6.67. The Labute approximate surface area is 123 Å². The molecule has 3 heteroatoms. The van der Waals surface area contributed by atoms with Gasteiger partial charge in [-0.25, -0.2) is 0 Å². The summed E-state index contributed by atoms with van der Waals surface area (Å²) in [6.45, 7) is 0.378. The highest BCUT2D eigenvalue weighted by molar-refractivity contribution is 5.77. The maximum atomic E-state index is 5.84. The average molecular weight is 274 g/mol. The van der Waals surface area contributed by atoms with Crippen molar-refractivity contribution in [3.05, 3.63) is 60.7 Å². The monoisotopic (exact) mass is 274 g/mol. The van der Waals surface area contributed by atoms with Crippen LogP contribution in [0.4, 0.5) is 6.01 Å². The Bertz CT molecular complexity index is 698. The molecule has 3 aromatic rings. The Balaban J connectivity index is 2.09. The lowest BCUT2D eigenvalue weighted by Gasteiger charge is -2.00. The van der Waals surface area contributed by atoms with Crippen molar-refractivity contribution in [1.29, 1.82) is 0 Å². The summed E-state index contributed by atoms with van der Waals surface area (Å²) >= 11 is 0. The highest BCUT2D eigenvalue weighted by atomic mass is 16.4. The SMILES string of the molecule is C#CCNc1nc(-c2ccccc2)c(-c2ccccc2)o1. The van der Waals surface area contributed by atoms with E-state index in [9.17, 15) is 0 Å². The van der Waals surface area contributed by atoms with Crippen LogP contribution in [-0.4, -0.2) is 11.5 Å². The molecule has 1 aromatic heterocycles. The molecule has 0 atom stereocenters. The topological polar surface area (TPSA) is 38.1 Å². The van der Waals surface area contributed by atoms with Crippen molar-refractivity contribution in [2.75, 3.05) is 11.9 Å². The molecule has 0 saturated carbocycles. The number of rotatable bonds is 4. The molecule has 0 aliphatic rings. The molecule has 0 aliphatic carbocycles. The average Bonchev–Trinajstić information content (AvgIpc) is 2.99.